The second-order valence-corrected chi connectivity index (χ2v) is 5.53. The molecular weight excluding hydrogens is 254 g/mol. The van der Waals surface area contributed by atoms with Crippen molar-refractivity contribution in [1.82, 2.24) is 10.2 Å². The molecule has 5 heteroatoms. The Morgan fingerprint density at radius 2 is 2.00 bits per heavy atom. The first kappa shape index (κ1) is 13.2. The zero-order valence-electron chi connectivity index (χ0n) is 11.8. The molecule has 0 spiro atoms. The second kappa shape index (κ2) is 5.71. The van der Waals surface area contributed by atoms with Crippen molar-refractivity contribution in [3.63, 3.8) is 0 Å². The number of amides is 2. The molecule has 2 aliphatic heterocycles. The molecule has 2 heterocycles. The summed E-state index contributed by atoms with van der Waals surface area (Å²) in [5.74, 6) is 0.791. The summed E-state index contributed by atoms with van der Waals surface area (Å²) in [4.78, 5) is 14.2. The lowest BCUT2D eigenvalue weighted by Gasteiger charge is -2.24. The Bertz CT molecular complexity index is 475. The summed E-state index contributed by atoms with van der Waals surface area (Å²) in [6.45, 7) is 1.63. The van der Waals surface area contributed by atoms with Gasteiger partial charge in [0, 0.05) is 30.9 Å². The molecule has 5 nitrogen and oxygen atoms in total. The fourth-order valence-electron chi connectivity index (χ4n) is 3.00. The van der Waals surface area contributed by atoms with Crippen molar-refractivity contribution in [2.24, 2.45) is 0 Å². The molecule has 3 rings (SSSR count). The lowest BCUT2D eigenvalue weighted by molar-refractivity contribution is 0.208. The van der Waals surface area contributed by atoms with Gasteiger partial charge in [0.25, 0.3) is 0 Å². The van der Waals surface area contributed by atoms with Crippen LogP contribution in [0.1, 0.15) is 19.3 Å². The second-order valence-electron chi connectivity index (χ2n) is 5.53. The normalized spacial score (nSPS) is 25.1. The van der Waals surface area contributed by atoms with E-state index in [1.165, 1.54) is 12.8 Å². The lowest BCUT2D eigenvalue weighted by Crippen LogP contribution is -2.41. The van der Waals surface area contributed by atoms with Gasteiger partial charge in [-0.1, -0.05) is 0 Å². The largest absolute Gasteiger partial charge is 0.497 e. The highest BCUT2D eigenvalue weighted by molar-refractivity contribution is 5.89. The first-order chi connectivity index (χ1) is 9.74. The number of fused-ring (bicyclic) bond motifs is 2. The molecule has 2 aliphatic rings. The van der Waals surface area contributed by atoms with E-state index in [1.807, 2.05) is 29.2 Å². The van der Waals surface area contributed by atoms with Crippen molar-refractivity contribution in [1.29, 1.82) is 0 Å². The minimum Gasteiger partial charge on any atom is -0.497 e. The van der Waals surface area contributed by atoms with Crippen LogP contribution in [-0.4, -0.2) is 43.2 Å². The zero-order chi connectivity index (χ0) is 13.9. The van der Waals surface area contributed by atoms with Crippen LogP contribution in [0.3, 0.4) is 0 Å². The number of benzene rings is 1. The molecule has 1 aromatic rings. The van der Waals surface area contributed by atoms with E-state index in [4.69, 9.17) is 4.74 Å². The number of carbonyl (C=O) groups excluding carboxylic acids is 1. The number of urea groups is 1. The maximum absolute atomic E-state index is 12.3. The van der Waals surface area contributed by atoms with E-state index in [-0.39, 0.29) is 6.03 Å². The van der Waals surface area contributed by atoms with Crippen LogP contribution in [0.5, 0.6) is 5.75 Å². The Labute approximate surface area is 119 Å². The minimum atomic E-state index is -0.00971. The quantitative estimate of drug-likeness (QED) is 0.868. The maximum Gasteiger partial charge on any atom is 0.321 e. The molecule has 2 fully saturated rings. The summed E-state index contributed by atoms with van der Waals surface area (Å²) in [7, 11) is 1.63. The molecule has 2 atom stereocenters. The summed E-state index contributed by atoms with van der Waals surface area (Å²) in [5, 5.41) is 6.53. The molecule has 2 N–H and O–H groups in total. The Balaban J connectivity index is 1.60. The van der Waals surface area contributed by atoms with Gasteiger partial charge in [-0.15, -0.1) is 0 Å². The average Bonchev–Trinajstić information content (AvgIpc) is 2.79. The summed E-state index contributed by atoms with van der Waals surface area (Å²) >= 11 is 0. The van der Waals surface area contributed by atoms with Crippen LogP contribution < -0.4 is 15.4 Å². The molecule has 0 aromatic heterocycles. The van der Waals surface area contributed by atoms with Gasteiger partial charge >= 0.3 is 6.03 Å². The first-order valence-electron chi connectivity index (χ1n) is 7.20. The summed E-state index contributed by atoms with van der Waals surface area (Å²) < 4.78 is 5.11. The highest BCUT2D eigenvalue weighted by atomic mass is 16.5. The first-order valence-corrected chi connectivity index (χ1v) is 7.20. The number of hydrogen-bond acceptors (Lipinski definition) is 3. The van der Waals surface area contributed by atoms with Gasteiger partial charge in [0.15, 0.2) is 0 Å². The van der Waals surface area contributed by atoms with Crippen molar-refractivity contribution in [3.8, 4) is 5.75 Å². The summed E-state index contributed by atoms with van der Waals surface area (Å²) in [6.07, 6.45) is 3.47. The molecule has 2 bridgehead atoms. The van der Waals surface area contributed by atoms with E-state index in [9.17, 15) is 4.79 Å². The number of anilines is 1. The van der Waals surface area contributed by atoms with Gasteiger partial charge in [-0.3, -0.25) is 0 Å². The van der Waals surface area contributed by atoms with Gasteiger partial charge in [0.1, 0.15) is 5.75 Å². The van der Waals surface area contributed by atoms with Crippen LogP contribution in [0.2, 0.25) is 0 Å². The molecule has 20 heavy (non-hydrogen) atoms. The van der Waals surface area contributed by atoms with E-state index >= 15 is 0 Å². The number of rotatable bonds is 2. The monoisotopic (exact) mass is 275 g/mol. The van der Waals surface area contributed by atoms with Gasteiger partial charge in [-0.25, -0.2) is 4.79 Å². The predicted octanol–water partition coefficient (Wildman–Crippen LogP) is 2.05. The number of methoxy groups -OCH3 is 1. The van der Waals surface area contributed by atoms with E-state index in [2.05, 4.69) is 10.6 Å². The standard InChI is InChI=1S/C15H21N3O2/c1-20-14-6-4-11(5-7-14)17-15(19)18-9-8-12-2-3-13(10-18)16-12/h4-7,12-13,16H,2-3,8-10H2,1H3,(H,17,19). The van der Waals surface area contributed by atoms with Crippen LogP contribution in [0.15, 0.2) is 24.3 Å². The lowest BCUT2D eigenvalue weighted by atomic mass is 10.1. The average molecular weight is 275 g/mol. The van der Waals surface area contributed by atoms with E-state index < -0.39 is 0 Å². The fraction of sp³-hybridized carbons (Fsp3) is 0.533. The molecule has 0 radical (unpaired) electrons. The fourth-order valence-corrected chi connectivity index (χ4v) is 3.00. The third-order valence-corrected chi connectivity index (χ3v) is 4.15. The Morgan fingerprint density at radius 1 is 1.25 bits per heavy atom. The van der Waals surface area contributed by atoms with Crippen LogP contribution in [0, 0.1) is 0 Å². The third kappa shape index (κ3) is 2.88. The van der Waals surface area contributed by atoms with Crippen molar-refractivity contribution in [2.75, 3.05) is 25.5 Å². The van der Waals surface area contributed by atoms with Crippen molar-refractivity contribution in [3.05, 3.63) is 24.3 Å². The number of ether oxygens (including phenoxy) is 1. The van der Waals surface area contributed by atoms with Gasteiger partial charge < -0.3 is 20.3 Å². The summed E-state index contributed by atoms with van der Waals surface area (Å²) in [5.41, 5.74) is 0.804. The Kier molecular flexibility index (Phi) is 3.78. The molecule has 0 aliphatic carbocycles. The van der Waals surface area contributed by atoms with Gasteiger partial charge in [0.2, 0.25) is 0 Å². The highest BCUT2D eigenvalue weighted by Crippen LogP contribution is 2.21. The summed E-state index contributed by atoms with van der Waals surface area (Å²) in [6, 6.07) is 8.47. The van der Waals surface area contributed by atoms with E-state index in [1.54, 1.807) is 7.11 Å². The van der Waals surface area contributed by atoms with Crippen LogP contribution in [0.4, 0.5) is 10.5 Å². The van der Waals surface area contributed by atoms with Gasteiger partial charge in [-0.05, 0) is 43.5 Å². The Morgan fingerprint density at radius 3 is 2.75 bits per heavy atom. The number of hydrogen-bond donors (Lipinski definition) is 2. The van der Waals surface area contributed by atoms with Crippen molar-refractivity contribution < 1.29 is 9.53 Å². The van der Waals surface area contributed by atoms with Gasteiger partial charge in [0.05, 0.1) is 7.11 Å². The maximum atomic E-state index is 12.3. The Hall–Kier alpha value is -1.75. The highest BCUT2D eigenvalue weighted by Gasteiger charge is 2.31. The minimum absolute atomic E-state index is 0.00971. The van der Waals surface area contributed by atoms with Crippen molar-refractivity contribution >= 4 is 11.7 Å². The number of carbonyl (C=O) groups is 1. The number of nitrogens with zero attached hydrogens (tertiary/aromatic N) is 1. The topological polar surface area (TPSA) is 53.6 Å². The predicted molar refractivity (Wildman–Crippen MR) is 78.1 cm³/mol. The van der Waals surface area contributed by atoms with Crippen LogP contribution in [-0.2, 0) is 0 Å². The van der Waals surface area contributed by atoms with Crippen molar-refractivity contribution in [2.45, 2.75) is 31.3 Å². The molecule has 2 saturated heterocycles. The number of nitrogens with one attached hydrogen (secondary N) is 2. The molecule has 108 valence electrons. The van der Waals surface area contributed by atoms with E-state index in [0.29, 0.717) is 12.1 Å². The van der Waals surface area contributed by atoms with Gasteiger partial charge in [-0.2, -0.15) is 0 Å². The number of likely N-dealkylation sites (tertiary alicyclic amines) is 1. The van der Waals surface area contributed by atoms with Crippen LogP contribution >= 0.6 is 0 Å². The SMILES string of the molecule is COc1ccc(NC(=O)N2CCC3CCC(C2)N3)cc1. The zero-order valence-corrected chi connectivity index (χ0v) is 11.8. The van der Waals surface area contributed by atoms with E-state index in [0.717, 1.165) is 30.9 Å². The molecule has 2 unspecified atom stereocenters. The molecule has 0 saturated carbocycles. The third-order valence-electron chi connectivity index (χ3n) is 4.15. The molecular formula is C15H21N3O2. The molecule has 1 aromatic carbocycles. The van der Waals surface area contributed by atoms with Crippen LogP contribution in [0.25, 0.3) is 0 Å². The molecule has 2 amide bonds. The smallest absolute Gasteiger partial charge is 0.321 e.